The molecule has 7 heteroatoms. The molecule has 0 bridgehead atoms. The number of amides is 1. The van der Waals surface area contributed by atoms with Gasteiger partial charge in [-0.05, 0) is 25.0 Å². The van der Waals surface area contributed by atoms with Crippen LogP contribution in [-0.4, -0.2) is 41.7 Å². The number of carbonyl (C=O) groups is 1. The third-order valence-electron chi connectivity index (χ3n) is 3.81. The number of aromatic amines is 1. The van der Waals surface area contributed by atoms with Gasteiger partial charge in [0.2, 0.25) is 0 Å². The summed E-state index contributed by atoms with van der Waals surface area (Å²) in [5.74, 6) is 0.594. The van der Waals surface area contributed by atoms with Crippen molar-refractivity contribution in [2.45, 2.75) is 33.2 Å². The third kappa shape index (κ3) is 6.96. The topological polar surface area (TPSA) is 94.2 Å². The van der Waals surface area contributed by atoms with Gasteiger partial charge in [0.05, 0.1) is 6.54 Å². The van der Waals surface area contributed by atoms with Crippen LogP contribution in [0.25, 0.3) is 0 Å². The van der Waals surface area contributed by atoms with E-state index < -0.39 is 0 Å². The Bertz CT molecular complexity index is 679. The number of carbonyl (C=O) groups excluding carboxylic acids is 1. The van der Waals surface area contributed by atoms with Crippen LogP contribution < -0.4 is 16.0 Å². The molecule has 0 unspecified atom stereocenters. The Morgan fingerprint density at radius 2 is 1.81 bits per heavy atom. The molecule has 0 spiro atoms. The number of hydrogen-bond acceptors (Lipinski definition) is 3. The zero-order chi connectivity index (χ0) is 18.6. The fourth-order valence-electron chi connectivity index (χ4n) is 2.26. The van der Waals surface area contributed by atoms with Gasteiger partial charge in [-0.15, -0.1) is 0 Å². The first-order valence-corrected chi connectivity index (χ1v) is 9.04. The summed E-state index contributed by atoms with van der Waals surface area (Å²) in [5.41, 5.74) is 2.87. The Balaban J connectivity index is 1.80. The van der Waals surface area contributed by atoms with E-state index in [4.69, 9.17) is 0 Å². The molecule has 0 aliphatic carbocycles. The average molecular weight is 356 g/mol. The number of H-pyrrole nitrogens is 1. The van der Waals surface area contributed by atoms with E-state index in [0.717, 1.165) is 25.3 Å². The number of benzene rings is 1. The number of guanidine groups is 1. The summed E-state index contributed by atoms with van der Waals surface area (Å²) in [6.45, 7) is 6.80. The van der Waals surface area contributed by atoms with Crippen molar-refractivity contribution in [1.82, 2.24) is 26.1 Å². The Kier molecular flexibility index (Phi) is 8.18. The van der Waals surface area contributed by atoms with Crippen LogP contribution in [0.15, 0.2) is 41.5 Å². The maximum atomic E-state index is 11.8. The summed E-state index contributed by atoms with van der Waals surface area (Å²) in [6.07, 6.45) is 3.76. The lowest BCUT2D eigenvalue weighted by atomic mass is 10.1. The molecule has 1 heterocycles. The fraction of sp³-hybridized carbons (Fsp3) is 0.421. The van der Waals surface area contributed by atoms with Gasteiger partial charge in [-0.25, -0.2) is 4.99 Å². The number of unbranched alkanes of at least 4 members (excludes halogenated alkanes) is 1. The normalized spacial score (nSPS) is 11.2. The van der Waals surface area contributed by atoms with Crippen molar-refractivity contribution < 1.29 is 4.79 Å². The van der Waals surface area contributed by atoms with Crippen LogP contribution in [0.5, 0.6) is 0 Å². The van der Waals surface area contributed by atoms with Gasteiger partial charge in [0.1, 0.15) is 5.69 Å². The summed E-state index contributed by atoms with van der Waals surface area (Å²) in [4.78, 5) is 16.5. The van der Waals surface area contributed by atoms with Gasteiger partial charge in [0.25, 0.3) is 5.91 Å². The van der Waals surface area contributed by atoms with Gasteiger partial charge in [0, 0.05) is 25.8 Å². The molecule has 7 nitrogen and oxygen atoms in total. The van der Waals surface area contributed by atoms with Crippen LogP contribution in [0.4, 0.5) is 0 Å². The molecular formula is C19H28N6O. The minimum atomic E-state index is -0.165. The van der Waals surface area contributed by atoms with Crippen molar-refractivity contribution in [3.05, 3.63) is 53.3 Å². The molecule has 4 N–H and O–H groups in total. The van der Waals surface area contributed by atoms with Crippen molar-refractivity contribution in [1.29, 1.82) is 0 Å². The van der Waals surface area contributed by atoms with Crippen molar-refractivity contribution in [3.63, 3.8) is 0 Å². The van der Waals surface area contributed by atoms with Crippen molar-refractivity contribution in [2.75, 3.05) is 19.6 Å². The third-order valence-corrected chi connectivity index (χ3v) is 3.81. The fourth-order valence-corrected chi connectivity index (χ4v) is 2.26. The number of aromatic nitrogens is 2. The number of aliphatic imine (C=N–C) groups is 1. The Hall–Kier alpha value is -2.83. The standard InChI is InChI=1S/C19H28N6O/c1-3-4-10-21-19(23-14-16-7-5-15(2)6-8-16)22-13-12-20-18(26)17-9-11-24-25-17/h5-9,11H,3-4,10,12-14H2,1-2H3,(H,20,26)(H,24,25)(H2,21,22,23). The second-order valence-corrected chi connectivity index (χ2v) is 6.08. The highest BCUT2D eigenvalue weighted by molar-refractivity contribution is 5.92. The summed E-state index contributed by atoms with van der Waals surface area (Å²) in [6, 6.07) is 10.0. The predicted molar refractivity (Wildman–Crippen MR) is 104 cm³/mol. The van der Waals surface area contributed by atoms with Crippen LogP contribution in [0.2, 0.25) is 0 Å². The molecule has 1 aromatic carbocycles. The summed E-state index contributed by atoms with van der Waals surface area (Å²) < 4.78 is 0. The summed E-state index contributed by atoms with van der Waals surface area (Å²) >= 11 is 0. The van der Waals surface area contributed by atoms with Crippen molar-refractivity contribution >= 4 is 11.9 Å². The van der Waals surface area contributed by atoms with Crippen LogP contribution >= 0.6 is 0 Å². The number of hydrogen-bond donors (Lipinski definition) is 4. The average Bonchev–Trinajstić information content (AvgIpc) is 3.18. The van der Waals surface area contributed by atoms with Gasteiger partial charge in [-0.1, -0.05) is 43.2 Å². The molecule has 1 amide bonds. The second-order valence-electron chi connectivity index (χ2n) is 6.08. The molecule has 0 atom stereocenters. The SMILES string of the molecule is CCCCNC(=NCc1ccc(C)cc1)NCCNC(=O)c1ccn[nH]1. The van der Waals surface area contributed by atoms with E-state index in [1.54, 1.807) is 12.3 Å². The molecule has 0 aliphatic heterocycles. The summed E-state index contributed by atoms with van der Waals surface area (Å²) in [7, 11) is 0. The van der Waals surface area contributed by atoms with Gasteiger partial charge in [0.15, 0.2) is 5.96 Å². The number of nitrogens with zero attached hydrogens (tertiary/aromatic N) is 2. The van der Waals surface area contributed by atoms with E-state index in [0.29, 0.717) is 25.3 Å². The van der Waals surface area contributed by atoms with Gasteiger partial charge in [-0.3, -0.25) is 9.89 Å². The molecular weight excluding hydrogens is 328 g/mol. The molecule has 0 aliphatic rings. The van der Waals surface area contributed by atoms with E-state index in [9.17, 15) is 4.79 Å². The predicted octanol–water partition coefficient (Wildman–Crippen LogP) is 1.98. The lowest BCUT2D eigenvalue weighted by molar-refractivity contribution is 0.0949. The first-order valence-electron chi connectivity index (χ1n) is 9.04. The number of aryl methyl sites for hydroxylation is 1. The first-order chi connectivity index (χ1) is 12.7. The number of rotatable bonds is 9. The quantitative estimate of drug-likeness (QED) is 0.314. The highest BCUT2D eigenvalue weighted by Gasteiger charge is 2.05. The van der Waals surface area contributed by atoms with E-state index in [2.05, 4.69) is 69.3 Å². The molecule has 2 rings (SSSR count). The Morgan fingerprint density at radius 3 is 2.50 bits per heavy atom. The zero-order valence-corrected chi connectivity index (χ0v) is 15.5. The molecule has 2 aromatic rings. The van der Waals surface area contributed by atoms with Crippen LogP contribution in [0.3, 0.4) is 0 Å². The zero-order valence-electron chi connectivity index (χ0n) is 15.5. The maximum Gasteiger partial charge on any atom is 0.269 e. The lowest BCUT2D eigenvalue weighted by Gasteiger charge is -2.13. The van der Waals surface area contributed by atoms with Crippen molar-refractivity contribution in [3.8, 4) is 0 Å². The first kappa shape index (κ1) is 19.5. The smallest absolute Gasteiger partial charge is 0.269 e. The van der Waals surface area contributed by atoms with Crippen LogP contribution in [0.1, 0.15) is 41.4 Å². The minimum absolute atomic E-state index is 0.165. The minimum Gasteiger partial charge on any atom is -0.356 e. The van der Waals surface area contributed by atoms with Gasteiger partial charge < -0.3 is 16.0 Å². The monoisotopic (exact) mass is 356 g/mol. The largest absolute Gasteiger partial charge is 0.356 e. The van der Waals surface area contributed by atoms with E-state index in [1.807, 2.05) is 0 Å². The Labute approximate surface area is 154 Å². The van der Waals surface area contributed by atoms with E-state index >= 15 is 0 Å². The molecule has 0 saturated carbocycles. The second kappa shape index (κ2) is 10.9. The molecule has 0 radical (unpaired) electrons. The maximum absolute atomic E-state index is 11.8. The van der Waals surface area contributed by atoms with E-state index in [-0.39, 0.29) is 5.91 Å². The highest BCUT2D eigenvalue weighted by Crippen LogP contribution is 2.04. The van der Waals surface area contributed by atoms with Gasteiger partial charge >= 0.3 is 0 Å². The van der Waals surface area contributed by atoms with Crippen molar-refractivity contribution in [2.24, 2.45) is 4.99 Å². The number of nitrogens with one attached hydrogen (secondary N) is 4. The lowest BCUT2D eigenvalue weighted by Crippen LogP contribution is -2.42. The molecule has 1 aromatic heterocycles. The molecule has 140 valence electrons. The van der Waals surface area contributed by atoms with E-state index in [1.165, 1.54) is 11.1 Å². The summed E-state index contributed by atoms with van der Waals surface area (Å²) in [5, 5.41) is 15.8. The Morgan fingerprint density at radius 1 is 1.08 bits per heavy atom. The highest BCUT2D eigenvalue weighted by atomic mass is 16.1. The molecule has 0 saturated heterocycles. The van der Waals surface area contributed by atoms with Crippen LogP contribution in [-0.2, 0) is 6.54 Å². The molecule has 0 fully saturated rings. The van der Waals surface area contributed by atoms with Crippen LogP contribution in [0, 0.1) is 6.92 Å². The van der Waals surface area contributed by atoms with Gasteiger partial charge in [-0.2, -0.15) is 5.10 Å². The molecule has 26 heavy (non-hydrogen) atoms.